The maximum atomic E-state index is 5.79. The summed E-state index contributed by atoms with van der Waals surface area (Å²) >= 11 is 0. The molecule has 0 saturated heterocycles. The van der Waals surface area contributed by atoms with Gasteiger partial charge in [-0.3, -0.25) is 0 Å². The van der Waals surface area contributed by atoms with Gasteiger partial charge in [-0.05, 0) is 31.2 Å². The summed E-state index contributed by atoms with van der Waals surface area (Å²) < 4.78 is 7.34. The van der Waals surface area contributed by atoms with Gasteiger partial charge in [0, 0.05) is 29.7 Å². The molecule has 0 bridgehead atoms. The summed E-state index contributed by atoms with van der Waals surface area (Å²) in [4.78, 5) is 0. The first-order valence-electron chi connectivity index (χ1n) is 5.09. The monoisotopic (exact) mass is 204 g/mol. The Kier molecular flexibility index (Phi) is 2.64. The first kappa shape index (κ1) is 10.1. The number of methoxy groups -OCH3 is 1. The molecule has 0 fully saturated rings. The van der Waals surface area contributed by atoms with Crippen LogP contribution in [0.5, 0.6) is 5.75 Å². The van der Waals surface area contributed by atoms with Crippen molar-refractivity contribution >= 4 is 10.9 Å². The van der Waals surface area contributed by atoms with E-state index >= 15 is 0 Å². The van der Waals surface area contributed by atoms with E-state index in [-0.39, 0.29) is 6.04 Å². The van der Waals surface area contributed by atoms with Crippen LogP contribution < -0.4 is 10.5 Å². The minimum atomic E-state index is 0.169. The largest absolute Gasteiger partial charge is 0.497 e. The number of hydrogen-bond acceptors (Lipinski definition) is 2. The van der Waals surface area contributed by atoms with Crippen molar-refractivity contribution in [3.63, 3.8) is 0 Å². The summed E-state index contributed by atoms with van der Waals surface area (Å²) in [5.41, 5.74) is 6.99. The molecule has 2 N–H and O–H groups in total. The fraction of sp³-hybridized carbons (Fsp3) is 0.333. The van der Waals surface area contributed by atoms with Crippen molar-refractivity contribution in [2.24, 2.45) is 5.73 Å². The van der Waals surface area contributed by atoms with Crippen LogP contribution in [0.15, 0.2) is 30.5 Å². The van der Waals surface area contributed by atoms with Crippen molar-refractivity contribution in [3.05, 3.63) is 30.5 Å². The van der Waals surface area contributed by atoms with Gasteiger partial charge in [-0.25, -0.2) is 0 Å². The number of hydrogen-bond donors (Lipinski definition) is 1. The molecule has 0 aliphatic heterocycles. The van der Waals surface area contributed by atoms with Crippen molar-refractivity contribution in [2.75, 3.05) is 7.11 Å². The van der Waals surface area contributed by atoms with Crippen LogP contribution in [0.3, 0.4) is 0 Å². The van der Waals surface area contributed by atoms with E-state index in [1.54, 1.807) is 7.11 Å². The molecule has 0 amide bonds. The molecular formula is C12H16N2O. The van der Waals surface area contributed by atoms with Crippen LogP contribution in [0.2, 0.25) is 0 Å². The number of rotatable bonds is 3. The van der Waals surface area contributed by atoms with Crippen LogP contribution >= 0.6 is 0 Å². The van der Waals surface area contributed by atoms with Crippen LogP contribution in [0.4, 0.5) is 0 Å². The maximum absolute atomic E-state index is 5.79. The summed E-state index contributed by atoms with van der Waals surface area (Å²) in [6, 6.07) is 8.33. The number of nitrogens with two attached hydrogens (primary N) is 1. The number of nitrogens with zero attached hydrogens (tertiary/aromatic N) is 1. The third-order valence-corrected chi connectivity index (χ3v) is 2.46. The van der Waals surface area contributed by atoms with Crippen LogP contribution in [0.25, 0.3) is 10.9 Å². The second-order valence-corrected chi connectivity index (χ2v) is 3.87. The molecule has 0 unspecified atom stereocenters. The molecule has 15 heavy (non-hydrogen) atoms. The zero-order chi connectivity index (χ0) is 10.8. The predicted molar refractivity (Wildman–Crippen MR) is 62.1 cm³/mol. The summed E-state index contributed by atoms with van der Waals surface area (Å²) in [6.07, 6.45) is 2.06. The second kappa shape index (κ2) is 3.95. The van der Waals surface area contributed by atoms with Crippen molar-refractivity contribution in [3.8, 4) is 5.75 Å². The standard InChI is InChI=1S/C12H16N2O/c1-9(13)8-14-6-5-10-7-11(15-2)3-4-12(10)14/h3-7,9H,8,13H2,1-2H3/t9-/m1/s1. The molecule has 1 heterocycles. The molecule has 3 nitrogen and oxygen atoms in total. The van der Waals surface area contributed by atoms with E-state index in [0.717, 1.165) is 12.3 Å². The highest BCUT2D eigenvalue weighted by molar-refractivity contribution is 5.81. The smallest absolute Gasteiger partial charge is 0.119 e. The number of benzene rings is 1. The number of aromatic nitrogens is 1. The maximum Gasteiger partial charge on any atom is 0.119 e. The zero-order valence-electron chi connectivity index (χ0n) is 9.10. The average molecular weight is 204 g/mol. The van der Waals surface area contributed by atoms with Gasteiger partial charge in [0.05, 0.1) is 7.11 Å². The normalized spacial score (nSPS) is 13.0. The molecule has 2 rings (SSSR count). The molecule has 1 aromatic heterocycles. The Morgan fingerprint density at radius 3 is 2.87 bits per heavy atom. The Morgan fingerprint density at radius 2 is 2.20 bits per heavy atom. The summed E-state index contributed by atoms with van der Waals surface area (Å²) in [7, 11) is 1.68. The van der Waals surface area contributed by atoms with Gasteiger partial charge in [-0.1, -0.05) is 0 Å². The predicted octanol–water partition coefficient (Wildman–Crippen LogP) is 2.00. The van der Waals surface area contributed by atoms with Crippen LogP contribution in [0.1, 0.15) is 6.92 Å². The fourth-order valence-electron chi connectivity index (χ4n) is 1.77. The van der Waals surface area contributed by atoms with Crippen molar-refractivity contribution in [1.82, 2.24) is 4.57 Å². The van der Waals surface area contributed by atoms with Gasteiger partial charge in [0.15, 0.2) is 0 Å². The van der Waals surface area contributed by atoms with E-state index in [9.17, 15) is 0 Å². The van der Waals surface area contributed by atoms with Crippen molar-refractivity contribution in [2.45, 2.75) is 19.5 Å². The molecule has 80 valence electrons. The van der Waals surface area contributed by atoms with E-state index in [4.69, 9.17) is 10.5 Å². The zero-order valence-corrected chi connectivity index (χ0v) is 9.10. The second-order valence-electron chi connectivity index (χ2n) is 3.87. The molecule has 0 spiro atoms. The SMILES string of the molecule is COc1ccc2c(ccn2C[C@@H](C)N)c1. The van der Waals surface area contributed by atoms with E-state index in [0.29, 0.717) is 0 Å². The lowest BCUT2D eigenvalue weighted by Crippen LogP contribution is -2.21. The lowest BCUT2D eigenvalue weighted by Gasteiger charge is -2.08. The Bertz CT molecular complexity index is 460. The lowest BCUT2D eigenvalue weighted by molar-refractivity contribution is 0.415. The van der Waals surface area contributed by atoms with Crippen LogP contribution in [0, 0.1) is 0 Å². The Morgan fingerprint density at radius 1 is 1.40 bits per heavy atom. The van der Waals surface area contributed by atoms with E-state index in [1.165, 1.54) is 10.9 Å². The van der Waals surface area contributed by atoms with Gasteiger partial charge in [-0.15, -0.1) is 0 Å². The van der Waals surface area contributed by atoms with E-state index in [2.05, 4.69) is 22.9 Å². The molecule has 0 saturated carbocycles. The minimum Gasteiger partial charge on any atom is -0.497 e. The van der Waals surface area contributed by atoms with Crippen molar-refractivity contribution in [1.29, 1.82) is 0 Å². The molecular weight excluding hydrogens is 188 g/mol. The Labute approximate surface area is 89.4 Å². The first-order valence-corrected chi connectivity index (χ1v) is 5.09. The van der Waals surface area contributed by atoms with Crippen LogP contribution in [-0.4, -0.2) is 17.7 Å². The van der Waals surface area contributed by atoms with E-state index in [1.807, 2.05) is 19.1 Å². The quantitative estimate of drug-likeness (QED) is 0.830. The molecule has 0 radical (unpaired) electrons. The Balaban J connectivity index is 2.43. The van der Waals surface area contributed by atoms with Gasteiger partial charge < -0.3 is 15.0 Å². The van der Waals surface area contributed by atoms with Gasteiger partial charge in [0.25, 0.3) is 0 Å². The summed E-state index contributed by atoms with van der Waals surface area (Å²) in [5.74, 6) is 0.890. The highest BCUT2D eigenvalue weighted by Gasteiger charge is 2.03. The average Bonchev–Trinajstić information content (AvgIpc) is 2.60. The van der Waals surface area contributed by atoms with Gasteiger partial charge >= 0.3 is 0 Å². The van der Waals surface area contributed by atoms with Gasteiger partial charge in [0.2, 0.25) is 0 Å². The minimum absolute atomic E-state index is 0.169. The molecule has 1 aromatic carbocycles. The topological polar surface area (TPSA) is 40.2 Å². The van der Waals surface area contributed by atoms with Gasteiger partial charge in [0.1, 0.15) is 5.75 Å². The lowest BCUT2D eigenvalue weighted by atomic mass is 10.2. The third-order valence-electron chi connectivity index (χ3n) is 2.46. The summed E-state index contributed by atoms with van der Waals surface area (Å²) in [5, 5.41) is 1.19. The van der Waals surface area contributed by atoms with Gasteiger partial charge in [-0.2, -0.15) is 0 Å². The molecule has 0 aliphatic rings. The molecule has 3 heteroatoms. The number of ether oxygens (including phenoxy) is 1. The third kappa shape index (κ3) is 1.97. The molecule has 1 atom stereocenters. The highest BCUT2D eigenvalue weighted by atomic mass is 16.5. The van der Waals surface area contributed by atoms with Crippen LogP contribution in [-0.2, 0) is 6.54 Å². The molecule has 2 aromatic rings. The van der Waals surface area contributed by atoms with Crippen molar-refractivity contribution < 1.29 is 4.74 Å². The van der Waals surface area contributed by atoms with E-state index < -0.39 is 0 Å². The number of fused-ring (bicyclic) bond motifs is 1. The Hall–Kier alpha value is -1.48. The summed E-state index contributed by atoms with van der Waals surface area (Å²) in [6.45, 7) is 2.85. The first-order chi connectivity index (χ1) is 7.20. The fourth-order valence-corrected chi connectivity index (χ4v) is 1.77. The molecule has 0 aliphatic carbocycles. The highest BCUT2D eigenvalue weighted by Crippen LogP contribution is 2.21.